The fourth-order valence-electron chi connectivity index (χ4n) is 9.79. The highest BCUT2D eigenvalue weighted by Crippen LogP contribution is 2.51. The minimum absolute atomic E-state index is 0.0375. The molecule has 0 radical (unpaired) electrons. The molecule has 2 aromatic rings. The Kier molecular flexibility index (Phi) is 12.6. The van der Waals surface area contributed by atoms with Gasteiger partial charge in [0, 0.05) is 5.41 Å². The van der Waals surface area contributed by atoms with E-state index in [0.717, 1.165) is 12.8 Å². The fraction of sp³-hybridized carbons (Fsp3) is 0.714. The van der Waals surface area contributed by atoms with Gasteiger partial charge >= 0.3 is 0 Å². The van der Waals surface area contributed by atoms with Crippen LogP contribution in [0.15, 0.2) is 36.4 Å². The fourth-order valence-corrected chi connectivity index (χ4v) is 9.79. The summed E-state index contributed by atoms with van der Waals surface area (Å²) in [4.78, 5) is 0. The van der Waals surface area contributed by atoms with Crippen LogP contribution in [-0.4, -0.2) is 10.2 Å². The third kappa shape index (κ3) is 7.87. The van der Waals surface area contributed by atoms with Crippen molar-refractivity contribution in [3.63, 3.8) is 0 Å². The first-order valence-corrected chi connectivity index (χ1v) is 19.2. The van der Waals surface area contributed by atoms with E-state index in [1.807, 2.05) is 12.1 Å². The number of hydrogen-bond acceptors (Lipinski definition) is 2. The average Bonchev–Trinajstić information content (AvgIpc) is 3.07. The second kappa shape index (κ2) is 16.6. The second-order valence-electron chi connectivity index (χ2n) is 15.2. The number of phenols is 2. The Labute approximate surface area is 270 Å². The molecule has 3 fully saturated rings. The van der Waals surface area contributed by atoms with Gasteiger partial charge in [-0.15, -0.1) is 0 Å². The monoisotopic (exact) mass is 600 g/mol. The first-order valence-electron chi connectivity index (χ1n) is 19.2. The molecule has 2 N–H and O–H groups in total. The van der Waals surface area contributed by atoms with E-state index < -0.39 is 0 Å². The third-order valence-electron chi connectivity index (χ3n) is 12.3. The van der Waals surface area contributed by atoms with Gasteiger partial charge in [-0.25, -0.2) is 0 Å². The van der Waals surface area contributed by atoms with E-state index >= 15 is 0 Å². The molecule has 0 aliphatic heterocycles. The van der Waals surface area contributed by atoms with Crippen LogP contribution in [0, 0.1) is 11.8 Å². The van der Waals surface area contributed by atoms with Crippen LogP contribution in [0.5, 0.6) is 11.5 Å². The van der Waals surface area contributed by atoms with E-state index in [0.29, 0.717) is 35.2 Å². The molecular weight excluding hydrogens is 536 g/mol. The van der Waals surface area contributed by atoms with Crippen LogP contribution in [0.25, 0.3) is 0 Å². The molecule has 244 valence electrons. The summed E-state index contributed by atoms with van der Waals surface area (Å²) in [5.74, 6) is 3.37. The molecule has 2 aromatic carbocycles. The molecule has 0 saturated heterocycles. The molecule has 0 bridgehead atoms. The van der Waals surface area contributed by atoms with Gasteiger partial charge in [-0.1, -0.05) is 134 Å². The SMILES string of the molecule is CCCCCC(c1cc(C2(c3ccc(O)c(C(CCCCC)C4CCCCC4)c3)CCCCC2)ccc1O)C1CCCCC1. The molecule has 0 aromatic heterocycles. The topological polar surface area (TPSA) is 40.5 Å². The normalized spacial score (nSPS) is 21.2. The summed E-state index contributed by atoms with van der Waals surface area (Å²) in [6.07, 6.45) is 29.5. The van der Waals surface area contributed by atoms with Crippen molar-refractivity contribution in [1.82, 2.24) is 0 Å². The molecule has 3 aliphatic rings. The van der Waals surface area contributed by atoms with Crippen molar-refractivity contribution in [3.05, 3.63) is 58.7 Å². The third-order valence-corrected chi connectivity index (χ3v) is 12.3. The molecule has 3 saturated carbocycles. The van der Waals surface area contributed by atoms with Crippen molar-refractivity contribution in [2.45, 2.75) is 179 Å². The van der Waals surface area contributed by atoms with Crippen molar-refractivity contribution in [2.24, 2.45) is 11.8 Å². The number of rotatable bonds is 14. The Bertz CT molecular complexity index is 1050. The molecule has 44 heavy (non-hydrogen) atoms. The van der Waals surface area contributed by atoms with Gasteiger partial charge in [-0.2, -0.15) is 0 Å². The minimum atomic E-state index is -0.0375. The van der Waals surface area contributed by atoms with Crippen LogP contribution >= 0.6 is 0 Å². The van der Waals surface area contributed by atoms with E-state index in [-0.39, 0.29) is 5.41 Å². The standard InChI is InChI=1S/C42H64O2/c1-3-5-10-22-36(32-18-12-7-13-19-32)38-30-34(24-26-40(38)43)42(28-16-9-17-29-42)35-25-27-41(44)39(31-35)37(23-11-6-4-2)33-20-14-8-15-21-33/h24-27,30-33,36-37,43-44H,3-23,28-29H2,1-2H3. The molecule has 0 heterocycles. The molecule has 2 unspecified atom stereocenters. The van der Waals surface area contributed by atoms with E-state index in [2.05, 4.69) is 38.1 Å². The summed E-state index contributed by atoms with van der Waals surface area (Å²) < 4.78 is 0. The molecule has 3 aliphatic carbocycles. The van der Waals surface area contributed by atoms with Gasteiger partial charge in [0.1, 0.15) is 11.5 Å². The second-order valence-corrected chi connectivity index (χ2v) is 15.2. The summed E-state index contributed by atoms with van der Waals surface area (Å²) in [6.45, 7) is 4.60. The number of phenolic OH excluding ortho intramolecular Hbond substituents is 2. The smallest absolute Gasteiger partial charge is 0.119 e. The lowest BCUT2D eigenvalue weighted by atomic mass is 9.63. The highest BCUT2D eigenvalue weighted by atomic mass is 16.3. The summed E-state index contributed by atoms with van der Waals surface area (Å²) >= 11 is 0. The minimum Gasteiger partial charge on any atom is -0.508 e. The number of unbranched alkanes of at least 4 members (excludes halogenated alkanes) is 4. The Balaban J connectivity index is 1.54. The summed E-state index contributed by atoms with van der Waals surface area (Å²) in [5, 5.41) is 22.8. The van der Waals surface area contributed by atoms with E-state index in [9.17, 15) is 10.2 Å². The zero-order chi connectivity index (χ0) is 30.8. The summed E-state index contributed by atoms with van der Waals surface area (Å²) in [5.41, 5.74) is 5.25. The molecule has 0 spiro atoms. The van der Waals surface area contributed by atoms with Crippen molar-refractivity contribution in [1.29, 1.82) is 0 Å². The van der Waals surface area contributed by atoms with Crippen LogP contribution in [0.3, 0.4) is 0 Å². The van der Waals surface area contributed by atoms with Gasteiger partial charge in [-0.05, 0) is 109 Å². The summed E-state index contributed by atoms with van der Waals surface area (Å²) in [6, 6.07) is 13.6. The lowest BCUT2D eigenvalue weighted by Gasteiger charge is -2.40. The predicted molar refractivity (Wildman–Crippen MR) is 187 cm³/mol. The van der Waals surface area contributed by atoms with Crippen molar-refractivity contribution in [2.75, 3.05) is 0 Å². The maximum atomic E-state index is 11.4. The van der Waals surface area contributed by atoms with Crippen molar-refractivity contribution < 1.29 is 10.2 Å². The maximum Gasteiger partial charge on any atom is 0.119 e. The highest BCUT2D eigenvalue weighted by Gasteiger charge is 2.38. The van der Waals surface area contributed by atoms with Gasteiger partial charge in [0.2, 0.25) is 0 Å². The average molecular weight is 601 g/mol. The Morgan fingerprint density at radius 1 is 0.568 bits per heavy atom. The predicted octanol–water partition coefficient (Wildman–Crippen LogP) is 12.8. The Morgan fingerprint density at radius 2 is 0.977 bits per heavy atom. The van der Waals surface area contributed by atoms with Crippen LogP contribution < -0.4 is 0 Å². The molecule has 0 amide bonds. The van der Waals surface area contributed by atoms with Gasteiger partial charge in [0.15, 0.2) is 0 Å². The Hall–Kier alpha value is -1.96. The van der Waals surface area contributed by atoms with Gasteiger partial charge in [0.25, 0.3) is 0 Å². The molecular formula is C42H64O2. The van der Waals surface area contributed by atoms with Gasteiger partial charge < -0.3 is 10.2 Å². The highest BCUT2D eigenvalue weighted by molar-refractivity contribution is 5.50. The quantitative estimate of drug-likeness (QED) is 0.212. The first-order chi connectivity index (χ1) is 21.6. The van der Waals surface area contributed by atoms with Crippen molar-refractivity contribution in [3.8, 4) is 11.5 Å². The lowest BCUT2D eigenvalue weighted by molar-refractivity contribution is 0.282. The number of aromatic hydroxyl groups is 2. The number of hydrogen-bond donors (Lipinski definition) is 2. The van der Waals surface area contributed by atoms with Crippen LogP contribution in [0.1, 0.15) is 196 Å². The van der Waals surface area contributed by atoms with E-state index in [1.165, 1.54) is 157 Å². The van der Waals surface area contributed by atoms with Crippen LogP contribution in [-0.2, 0) is 5.41 Å². The summed E-state index contributed by atoms with van der Waals surface area (Å²) in [7, 11) is 0. The van der Waals surface area contributed by atoms with Gasteiger partial charge in [0.05, 0.1) is 0 Å². The van der Waals surface area contributed by atoms with Crippen LogP contribution in [0.2, 0.25) is 0 Å². The van der Waals surface area contributed by atoms with Gasteiger partial charge in [-0.3, -0.25) is 0 Å². The van der Waals surface area contributed by atoms with Crippen LogP contribution in [0.4, 0.5) is 0 Å². The van der Waals surface area contributed by atoms with Crippen molar-refractivity contribution >= 4 is 0 Å². The molecule has 5 rings (SSSR count). The first kappa shape index (κ1) is 33.4. The van der Waals surface area contributed by atoms with E-state index in [4.69, 9.17) is 0 Å². The molecule has 2 heteroatoms. The largest absolute Gasteiger partial charge is 0.508 e. The number of benzene rings is 2. The lowest BCUT2D eigenvalue weighted by Crippen LogP contribution is -2.31. The Morgan fingerprint density at radius 3 is 1.39 bits per heavy atom. The zero-order valence-corrected chi connectivity index (χ0v) is 28.4. The maximum absolute atomic E-state index is 11.4. The zero-order valence-electron chi connectivity index (χ0n) is 28.4. The van der Waals surface area contributed by atoms with E-state index in [1.54, 1.807) is 0 Å². The molecule has 2 atom stereocenters. The molecule has 2 nitrogen and oxygen atoms in total.